The summed E-state index contributed by atoms with van der Waals surface area (Å²) in [5.74, 6) is -0.285. The molecule has 0 aromatic heterocycles. The van der Waals surface area contributed by atoms with Crippen molar-refractivity contribution in [2.75, 3.05) is 6.54 Å². The smallest absolute Gasteiger partial charge is 0.257 e. The maximum atomic E-state index is 12.2. The highest BCUT2D eigenvalue weighted by atomic mass is 16.3. The molecule has 4 heteroatoms. The Bertz CT molecular complexity index is 431. The molecule has 1 amide bonds. The number of hydrogen-bond donors (Lipinski definition) is 2. The van der Waals surface area contributed by atoms with E-state index in [1.807, 2.05) is 6.92 Å². The van der Waals surface area contributed by atoms with Gasteiger partial charge in [0, 0.05) is 12.6 Å². The van der Waals surface area contributed by atoms with Gasteiger partial charge >= 0.3 is 0 Å². The number of benzene rings is 1. The molecule has 1 fully saturated rings. The summed E-state index contributed by atoms with van der Waals surface area (Å²) in [5, 5.41) is 19.0. The predicted octanol–water partition coefficient (Wildman–Crippen LogP) is 2.11. The zero-order valence-corrected chi connectivity index (χ0v) is 9.89. The standard InChI is InChI=1S/C13H17NO3/c1-9-4-2-3-7-14(9)13(17)11-8-10(15)5-6-12(11)16/h5-6,8-9,15-16H,2-4,7H2,1H3. The Morgan fingerprint density at radius 1 is 1.35 bits per heavy atom. The van der Waals surface area contributed by atoms with E-state index in [9.17, 15) is 15.0 Å². The minimum Gasteiger partial charge on any atom is -0.508 e. The van der Waals surface area contributed by atoms with E-state index in [-0.39, 0.29) is 29.0 Å². The molecule has 1 aromatic rings. The van der Waals surface area contributed by atoms with E-state index in [4.69, 9.17) is 0 Å². The first-order valence-corrected chi connectivity index (χ1v) is 5.92. The Morgan fingerprint density at radius 2 is 2.12 bits per heavy atom. The number of aromatic hydroxyl groups is 2. The molecule has 1 aliphatic heterocycles. The zero-order valence-electron chi connectivity index (χ0n) is 9.89. The molecule has 1 heterocycles. The molecular formula is C13H17NO3. The lowest BCUT2D eigenvalue weighted by Crippen LogP contribution is -2.42. The second-order valence-electron chi connectivity index (χ2n) is 4.54. The van der Waals surface area contributed by atoms with Gasteiger partial charge in [-0.25, -0.2) is 0 Å². The summed E-state index contributed by atoms with van der Waals surface area (Å²) in [6.07, 6.45) is 3.12. The van der Waals surface area contributed by atoms with E-state index in [1.165, 1.54) is 18.2 Å². The lowest BCUT2D eigenvalue weighted by molar-refractivity contribution is 0.0632. The van der Waals surface area contributed by atoms with Gasteiger partial charge in [-0.05, 0) is 44.4 Å². The van der Waals surface area contributed by atoms with Crippen LogP contribution in [0.5, 0.6) is 11.5 Å². The number of phenolic OH excluding ortho intramolecular Hbond substituents is 2. The van der Waals surface area contributed by atoms with Gasteiger partial charge in [0.15, 0.2) is 0 Å². The maximum Gasteiger partial charge on any atom is 0.257 e. The first kappa shape index (κ1) is 11.8. The summed E-state index contributed by atoms with van der Waals surface area (Å²) in [4.78, 5) is 14.0. The number of carbonyl (C=O) groups excluding carboxylic acids is 1. The van der Waals surface area contributed by atoms with Crippen LogP contribution in [0.1, 0.15) is 36.5 Å². The number of likely N-dealkylation sites (tertiary alicyclic amines) is 1. The largest absolute Gasteiger partial charge is 0.508 e. The SMILES string of the molecule is CC1CCCCN1C(=O)c1cc(O)ccc1O. The molecule has 4 nitrogen and oxygen atoms in total. The Balaban J connectivity index is 2.26. The lowest BCUT2D eigenvalue weighted by Gasteiger charge is -2.33. The fourth-order valence-electron chi connectivity index (χ4n) is 2.25. The molecule has 0 aliphatic carbocycles. The average molecular weight is 235 g/mol. The van der Waals surface area contributed by atoms with Gasteiger partial charge in [-0.15, -0.1) is 0 Å². The highest BCUT2D eigenvalue weighted by Gasteiger charge is 2.26. The van der Waals surface area contributed by atoms with Crippen LogP contribution in [0.25, 0.3) is 0 Å². The third-order valence-corrected chi connectivity index (χ3v) is 3.27. The fraction of sp³-hybridized carbons (Fsp3) is 0.462. The quantitative estimate of drug-likeness (QED) is 0.733. The molecule has 1 unspecified atom stereocenters. The van der Waals surface area contributed by atoms with Crippen molar-refractivity contribution in [3.05, 3.63) is 23.8 Å². The molecule has 2 N–H and O–H groups in total. The zero-order chi connectivity index (χ0) is 12.4. The maximum absolute atomic E-state index is 12.2. The van der Waals surface area contributed by atoms with Gasteiger partial charge in [0.2, 0.25) is 0 Å². The molecule has 0 bridgehead atoms. The molecule has 1 aromatic carbocycles. The molecule has 1 saturated heterocycles. The van der Waals surface area contributed by atoms with Crippen LogP contribution in [-0.2, 0) is 0 Å². The molecule has 0 spiro atoms. The van der Waals surface area contributed by atoms with Crippen LogP contribution in [0.15, 0.2) is 18.2 Å². The summed E-state index contributed by atoms with van der Waals surface area (Å²) in [6.45, 7) is 2.73. The van der Waals surface area contributed by atoms with Crippen LogP contribution in [-0.4, -0.2) is 33.6 Å². The van der Waals surface area contributed by atoms with Crippen molar-refractivity contribution in [1.82, 2.24) is 4.90 Å². The summed E-state index contributed by atoms with van der Waals surface area (Å²) >= 11 is 0. The highest BCUT2D eigenvalue weighted by Crippen LogP contribution is 2.26. The number of nitrogens with zero attached hydrogens (tertiary/aromatic N) is 1. The van der Waals surface area contributed by atoms with Gasteiger partial charge in [-0.1, -0.05) is 0 Å². The van der Waals surface area contributed by atoms with Gasteiger partial charge in [-0.2, -0.15) is 0 Å². The van der Waals surface area contributed by atoms with Crippen LogP contribution >= 0.6 is 0 Å². The van der Waals surface area contributed by atoms with Gasteiger partial charge < -0.3 is 15.1 Å². The van der Waals surface area contributed by atoms with Crippen molar-refractivity contribution in [3.8, 4) is 11.5 Å². The molecule has 0 saturated carbocycles. The molecular weight excluding hydrogens is 218 g/mol. The van der Waals surface area contributed by atoms with Crippen LogP contribution in [0.2, 0.25) is 0 Å². The van der Waals surface area contributed by atoms with E-state index in [2.05, 4.69) is 0 Å². The van der Waals surface area contributed by atoms with Crippen molar-refractivity contribution in [3.63, 3.8) is 0 Å². The number of rotatable bonds is 1. The van der Waals surface area contributed by atoms with Crippen molar-refractivity contribution in [2.24, 2.45) is 0 Å². The fourth-order valence-corrected chi connectivity index (χ4v) is 2.25. The first-order chi connectivity index (χ1) is 8.09. The molecule has 17 heavy (non-hydrogen) atoms. The first-order valence-electron chi connectivity index (χ1n) is 5.92. The molecule has 2 rings (SSSR count). The molecule has 1 atom stereocenters. The number of amides is 1. The van der Waals surface area contributed by atoms with Crippen molar-refractivity contribution in [2.45, 2.75) is 32.2 Å². The van der Waals surface area contributed by atoms with E-state index in [0.717, 1.165) is 25.8 Å². The molecule has 0 radical (unpaired) electrons. The van der Waals surface area contributed by atoms with E-state index in [1.54, 1.807) is 4.90 Å². The van der Waals surface area contributed by atoms with E-state index in [0.29, 0.717) is 0 Å². The number of piperidine rings is 1. The van der Waals surface area contributed by atoms with Gasteiger partial charge in [0.25, 0.3) is 5.91 Å². The van der Waals surface area contributed by atoms with E-state index >= 15 is 0 Å². The summed E-state index contributed by atoms with van der Waals surface area (Å²) in [7, 11) is 0. The highest BCUT2D eigenvalue weighted by molar-refractivity contribution is 5.97. The Hall–Kier alpha value is -1.71. The number of carbonyl (C=O) groups is 1. The number of phenols is 2. The normalized spacial score (nSPS) is 20.3. The minimum absolute atomic E-state index is 0.00388. The van der Waals surface area contributed by atoms with E-state index < -0.39 is 0 Å². The Kier molecular flexibility index (Phi) is 3.22. The number of hydrogen-bond acceptors (Lipinski definition) is 3. The van der Waals surface area contributed by atoms with Crippen LogP contribution in [0.4, 0.5) is 0 Å². The van der Waals surface area contributed by atoms with Gasteiger partial charge in [0.1, 0.15) is 11.5 Å². The Labute approximate surface area is 100 Å². The topological polar surface area (TPSA) is 60.8 Å². The predicted molar refractivity (Wildman–Crippen MR) is 64.1 cm³/mol. The third kappa shape index (κ3) is 2.35. The van der Waals surface area contributed by atoms with Gasteiger partial charge in [0.05, 0.1) is 5.56 Å². The van der Waals surface area contributed by atoms with Gasteiger partial charge in [-0.3, -0.25) is 4.79 Å². The van der Waals surface area contributed by atoms with Crippen LogP contribution in [0, 0.1) is 0 Å². The van der Waals surface area contributed by atoms with Crippen LogP contribution in [0.3, 0.4) is 0 Å². The molecule has 1 aliphatic rings. The summed E-state index contributed by atoms with van der Waals surface area (Å²) < 4.78 is 0. The average Bonchev–Trinajstić information content (AvgIpc) is 2.32. The van der Waals surface area contributed by atoms with Crippen molar-refractivity contribution in [1.29, 1.82) is 0 Å². The second-order valence-corrected chi connectivity index (χ2v) is 4.54. The summed E-state index contributed by atoms with van der Waals surface area (Å²) in [5.41, 5.74) is 0.179. The third-order valence-electron chi connectivity index (χ3n) is 3.27. The second kappa shape index (κ2) is 4.65. The lowest BCUT2D eigenvalue weighted by atomic mass is 10.0. The monoisotopic (exact) mass is 235 g/mol. The molecule has 92 valence electrons. The summed E-state index contributed by atoms with van der Waals surface area (Å²) in [6, 6.07) is 4.22. The van der Waals surface area contributed by atoms with Crippen molar-refractivity contribution >= 4 is 5.91 Å². The minimum atomic E-state index is -0.203. The van der Waals surface area contributed by atoms with Crippen LogP contribution < -0.4 is 0 Å². The van der Waals surface area contributed by atoms with Crippen molar-refractivity contribution < 1.29 is 15.0 Å². The Morgan fingerprint density at radius 3 is 2.82 bits per heavy atom.